The summed E-state index contributed by atoms with van der Waals surface area (Å²) in [6, 6.07) is 11.6. The molecule has 0 spiro atoms. The number of nitrogens with one attached hydrogen (secondary N) is 1. The van der Waals surface area contributed by atoms with E-state index in [1.807, 2.05) is 30.3 Å². The van der Waals surface area contributed by atoms with Crippen LogP contribution in [0.4, 0.5) is 0 Å². The lowest BCUT2D eigenvalue weighted by atomic mass is 10.1. The molecule has 0 radical (unpaired) electrons. The highest BCUT2D eigenvalue weighted by molar-refractivity contribution is 6.30. The predicted octanol–water partition coefficient (Wildman–Crippen LogP) is 3.04. The maximum absolute atomic E-state index is 12.4. The molecule has 0 fully saturated rings. The van der Waals surface area contributed by atoms with Crippen molar-refractivity contribution in [3.05, 3.63) is 81.0 Å². The molecule has 0 saturated heterocycles. The number of hydrogen-bond acceptors (Lipinski definition) is 4. The molecular formula is C19H17ClN4O. The first kappa shape index (κ1) is 16.0. The Bertz CT molecular complexity index is 955. The highest BCUT2D eigenvalue weighted by Crippen LogP contribution is 2.20. The van der Waals surface area contributed by atoms with Gasteiger partial charge >= 0.3 is 0 Å². The van der Waals surface area contributed by atoms with Crippen LogP contribution in [0.15, 0.2) is 53.6 Å². The standard InChI is InChI=1S/C19H17ClN4O/c20-15-3-1-2-13(10-15)11-24-9-6-16-17(12-24)22-18(23-19(16)25)14-4-7-21-8-5-14/h1-5,7-8,10H,6,9,11-12H2,(H,22,23,25). The van der Waals surface area contributed by atoms with Crippen molar-refractivity contribution in [1.82, 2.24) is 19.9 Å². The molecule has 0 amide bonds. The van der Waals surface area contributed by atoms with Crippen LogP contribution >= 0.6 is 11.6 Å². The van der Waals surface area contributed by atoms with Gasteiger partial charge in [0.05, 0.1) is 5.69 Å². The maximum Gasteiger partial charge on any atom is 0.254 e. The van der Waals surface area contributed by atoms with Gasteiger partial charge in [-0.25, -0.2) is 4.98 Å². The van der Waals surface area contributed by atoms with Crippen LogP contribution in [0.2, 0.25) is 5.02 Å². The molecule has 1 N–H and O–H groups in total. The normalized spacial score (nSPS) is 14.3. The van der Waals surface area contributed by atoms with Crippen LogP contribution < -0.4 is 5.56 Å². The molecule has 0 aliphatic carbocycles. The summed E-state index contributed by atoms with van der Waals surface area (Å²) in [5.41, 5.74) is 3.63. The van der Waals surface area contributed by atoms with Crippen LogP contribution in [-0.2, 0) is 19.5 Å². The van der Waals surface area contributed by atoms with E-state index in [0.29, 0.717) is 18.8 Å². The number of nitrogens with zero attached hydrogens (tertiary/aromatic N) is 3. The average Bonchev–Trinajstić information content (AvgIpc) is 2.62. The van der Waals surface area contributed by atoms with Crippen molar-refractivity contribution < 1.29 is 0 Å². The Morgan fingerprint density at radius 3 is 2.84 bits per heavy atom. The summed E-state index contributed by atoms with van der Waals surface area (Å²) in [5, 5.41) is 0.740. The molecule has 3 heterocycles. The second-order valence-corrected chi connectivity index (χ2v) is 6.60. The van der Waals surface area contributed by atoms with Crippen molar-refractivity contribution in [2.45, 2.75) is 19.5 Å². The Kier molecular flexibility index (Phi) is 4.34. The predicted molar refractivity (Wildman–Crippen MR) is 97.4 cm³/mol. The topological polar surface area (TPSA) is 61.9 Å². The SMILES string of the molecule is O=c1[nH]c(-c2ccncc2)nc2c1CCN(Cc1cccc(Cl)c1)C2. The summed E-state index contributed by atoms with van der Waals surface area (Å²) >= 11 is 6.07. The number of H-pyrrole nitrogens is 1. The van der Waals surface area contributed by atoms with E-state index < -0.39 is 0 Å². The van der Waals surface area contributed by atoms with E-state index >= 15 is 0 Å². The molecule has 4 rings (SSSR count). The van der Waals surface area contributed by atoms with E-state index in [2.05, 4.69) is 20.9 Å². The van der Waals surface area contributed by atoms with Crippen LogP contribution in [0.1, 0.15) is 16.8 Å². The summed E-state index contributed by atoms with van der Waals surface area (Å²) in [5.74, 6) is 0.593. The van der Waals surface area contributed by atoms with Gasteiger partial charge in [-0.2, -0.15) is 0 Å². The number of rotatable bonds is 3. The quantitative estimate of drug-likeness (QED) is 0.787. The van der Waals surface area contributed by atoms with Crippen molar-refractivity contribution in [1.29, 1.82) is 0 Å². The Labute approximate surface area is 150 Å². The third kappa shape index (κ3) is 3.48. The first-order chi connectivity index (χ1) is 12.2. The van der Waals surface area contributed by atoms with Crippen molar-refractivity contribution in [2.24, 2.45) is 0 Å². The lowest BCUT2D eigenvalue weighted by molar-refractivity contribution is 0.240. The number of halogens is 1. The molecule has 0 saturated carbocycles. The van der Waals surface area contributed by atoms with Crippen LogP contribution in [0.25, 0.3) is 11.4 Å². The van der Waals surface area contributed by atoms with Gasteiger partial charge in [0, 0.05) is 48.2 Å². The van der Waals surface area contributed by atoms with Crippen molar-refractivity contribution in [3.8, 4) is 11.4 Å². The number of aromatic nitrogens is 3. The summed E-state index contributed by atoms with van der Waals surface area (Å²) in [6.07, 6.45) is 4.09. The van der Waals surface area contributed by atoms with Gasteiger partial charge in [0.15, 0.2) is 0 Å². The molecule has 1 aromatic carbocycles. The maximum atomic E-state index is 12.4. The summed E-state index contributed by atoms with van der Waals surface area (Å²) < 4.78 is 0. The van der Waals surface area contributed by atoms with Crippen LogP contribution in [0, 0.1) is 0 Å². The molecule has 0 bridgehead atoms. The molecule has 126 valence electrons. The number of hydrogen-bond donors (Lipinski definition) is 1. The van der Waals surface area contributed by atoms with E-state index in [-0.39, 0.29) is 5.56 Å². The lowest BCUT2D eigenvalue weighted by Crippen LogP contribution is -2.35. The third-order valence-electron chi connectivity index (χ3n) is 4.40. The Balaban J connectivity index is 1.61. The molecule has 3 aromatic rings. The van der Waals surface area contributed by atoms with Gasteiger partial charge in [0.1, 0.15) is 5.82 Å². The highest BCUT2D eigenvalue weighted by Gasteiger charge is 2.21. The number of pyridine rings is 1. The zero-order valence-corrected chi connectivity index (χ0v) is 14.3. The van der Waals surface area contributed by atoms with Crippen LogP contribution in [-0.4, -0.2) is 26.4 Å². The smallest absolute Gasteiger partial charge is 0.254 e. The van der Waals surface area contributed by atoms with Gasteiger partial charge in [-0.15, -0.1) is 0 Å². The molecular weight excluding hydrogens is 336 g/mol. The number of fused-ring (bicyclic) bond motifs is 1. The van der Waals surface area contributed by atoms with Gasteiger partial charge in [0.25, 0.3) is 5.56 Å². The van der Waals surface area contributed by atoms with Crippen LogP contribution in [0.5, 0.6) is 0 Å². The minimum atomic E-state index is -0.0424. The molecule has 6 heteroatoms. The van der Waals surface area contributed by atoms with Gasteiger partial charge in [-0.05, 0) is 36.2 Å². The van der Waals surface area contributed by atoms with Gasteiger partial charge in [0.2, 0.25) is 0 Å². The summed E-state index contributed by atoms with van der Waals surface area (Å²) in [6.45, 7) is 2.28. The average molecular weight is 353 g/mol. The molecule has 1 aliphatic heterocycles. The van der Waals surface area contributed by atoms with Crippen molar-refractivity contribution in [2.75, 3.05) is 6.54 Å². The number of aromatic amines is 1. The van der Waals surface area contributed by atoms with Gasteiger partial charge in [-0.1, -0.05) is 23.7 Å². The van der Waals surface area contributed by atoms with E-state index in [0.717, 1.165) is 40.5 Å². The monoisotopic (exact) mass is 352 g/mol. The zero-order chi connectivity index (χ0) is 17.2. The minimum absolute atomic E-state index is 0.0424. The molecule has 0 unspecified atom stereocenters. The Hall–Kier alpha value is -2.50. The fourth-order valence-electron chi connectivity index (χ4n) is 3.17. The van der Waals surface area contributed by atoms with E-state index in [1.54, 1.807) is 12.4 Å². The number of benzene rings is 1. The molecule has 25 heavy (non-hydrogen) atoms. The largest absolute Gasteiger partial charge is 0.306 e. The van der Waals surface area contributed by atoms with E-state index in [4.69, 9.17) is 16.6 Å². The first-order valence-electron chi connectivity index (χ1n) is 8.18. The Morgan fingerprint density at radius 2 is 2.04 bits per heavy atom. The van der Waals surface area contributed by atoms with E-state index in [9.17, 15) is 4.79 Å². The first-order valence-corrected chi connectivity index (χ1v) is 8.56. The van der Waals surface area contributed by atoms with Gasteiger partial charge < -0.3 is 4.98 Å². The highest BCUT2D eigenvalue weighted by atomic mass is 35.5. The second-order valence-electron chi connectivity index (χ2n) is 6.17. The summed E-state index contributed by atoms with van der Waals surface area (Å²) in [4.78, 5) is 26.3. The van der Waals surface area contributed by atoms with E-state index in [1.165, 1.54) is 0 Å². The fourth-order valence-corrected chi connectivity index (χ4v) is 3.38. The lowest BCUT2D eigenvalue weighted by Gasteiger charge is -2.27. The van der Waals surface area contributed by atoms with Crippen molar-refractivity contribution >= 4 is 11.6 Å². The fraction of sp³-hybridized carbons (Fsp3) is 0.211. The zero-order valence-electron chi connectivity index (χ0n) is 13.6. The van der Waals surface area contributed by atoms with Crippen LogP contribution in [0.3, 0.4) is 0 Å². The molecule has 0 atom stereocenters. The molecule has 1 aliphatic rings. The third-order valence-corrected chi connectivity index (χ3v) is 4.64. The minimum Gasteiger partial charge on any atom is -0.306 e. The second kappa shape index (κ2) is 6.78. The van der Waals surface area contributed by atoms with Crippen molar-refractivity contribution in [3.63, 3.8) is 0 Å². The Morgan fingerprint density at radius 1 is 1.20 bits per heavy atom. The van der Waals surface area contributed by atoms with Gasteiger partial charge in [-0.3, -0.25) is 14.7 Å². The molecule has 5 nitrogen and oxygen atoms in total. The summed E-state index contributed by atoms with van der Waals surface area (Å²) in [7, 11) is 0. The molecule has 2 aromatic heterocycles.